The van der Waals surface area contributed by atoms with E-state index in [-0.39, 0.29) is 0 Å². The summed E-state index contributed by atoms with van der Waals surface area (Å²) >= 11 is 0. The number of carboxylic acid groups (broad SMARTS) is 1. The molecule has 0 saturated carbocycles. The first-order valence-electron chi connectivity index (χ1n) is 5.89. The number of rotatable bonds is 4. The Balaban J connectivity index is 2.10. The van der Waals surface area contributed by atoms with E-state index in [1.54, 1.807) is 0 Å². The van der Waals surface area contributed by atoms with E-state index >= 15 is 0 Å². The standard InChI is InChI=1S/C13H17N3O2/c1-13(14,12(17)18)8-9-2-4-10(5-3-9)11-15-6-7-16-11/h2-5H,6-8,14H2,1H3,(H,15,16)(H,17,18). The lowest BCUT2D eigenvalue weighted by atomic mass is 9.93. The van der Waals surface area contributed by atoms with Crippen LogP contribution in [-0.2, 0) is 11.2 Å². The molecule has 0 amide bonds. The summed E-state index contributed by atoms with van der Waals surface area (Å²) in [6.45, 7) is 3.19. The molecule has 1 aliphatic heterocycles. The number of aliphatic carboxylic acids is 1. The van der Waals surface area contributed by atoms with Crippen LogP contribution in [0.25, 0.3) is 0 Å². The van der Waals surface area contributed by atoms with Crippen LogP contribution in [-0.4, -0.2) is 35.5 Å². The minimum Gasteiger partial charge on any atom is -0.480 e. The van der Waals surface area contributed by atoms with Crippen LogP contribution in [0.2, 0.25) is 0 Å². The molecular formula is C13H17N3O2. The molecule has 96 valence electrons. The fourth-order valence-electron chi connectivity index (χ4n) is 1.87. The number of nitrogens with two attached hydrogens (primary N) is 1. The second kappa shape index (κ2) is 4.78. The fraction of sp³-hybridized carbons (Fsp3) is 0.385. The Bertz CT molecular complexity index is 478. The SMILES string of the molecule is CC(N)(Cc1ccc(C2=NCCN2)cc1)C(=O)O. The third-order valence-corrected chi connectivity index (χ3v) is 2.96. The molecule has 0 spiro atoms. The van der Waals surface area contributed by atoms with Gasteiger partial charge in [-0.25, -0.2) is 0 Å². The maximum Gasteiger partial charge on any atom is 0.323 e. The topological polar surface area (TPSA) is 87.7 Å². The molecule has 1 heterocycles. The lowest BCUT2D eigenvalue weighted by Crippen LogP contribution is -2.46. The van der Waals surface area contributed by atoms with E-state index in [0.29, 0.717) is 6.42 Å². The van der Waals surface area contributed by atoms with E-state index in [0.717, 1.165) is 30.1 Å². The van der Waals surface area contributed by atoms with E-state index in [9.17, 15) is 4.79 Å². The number of hydrogen-bond donors (Lipinski definition) is 3. The Morgan fingerprint density at radius 3 is 2.67 bits per heavy atom. The minimum absolute atomic E-state index is 0.308. The Morgan fingerprint density at radius 2 is 2.17 bits per heavy atom. The third kappa shape index (κ3) is 2.68. The summed E-state index contributed by atoms with van der Waals surface area (Å²) in [5, 5.41) is 12.2. The summed E-state index contributed by atoms with van der Waals surface area (Å²) in [5.41, 5.74) is 6.41. The molecule has 2 rings (SSSR count). The Hall–Kier alpha value is -1.88. The number of aliphatic imine (C=N–C) groups is 1. The van der Waals surface area contributed by atoms with Crippen molar-refractivity contribution in [1.29, 1.82) is 0 Å². The van der Waals surface area contributed by atoms with Gasteiger partial charge in [-0.15, -0.1) is 0 Å². The number of hydrogen-bond acceptors (Lipinski definition) is 4. The molecule has 18 heavy (non-hydrogen) atoms. The van der Waals surface area contributed by atoms with Gasteiger partial charge in [0.15, 0.2) is 0 Å². The van der Waals surface area contributed by atoms with Gasteiger partial charge in [-0.1, -0.05) is 24.3 Å². The second-order valence-corrected chi connectivity index (χ2v) is 4.75. The normalized spacial score (nSPS) is 17.8. The van der Waals surface area contributed by atoms with Gasteiger partial charge in [0.05, 0.1) is 6.54 Å². The molecular weight excluding hydrogens is 230 g/mol. The average Bonchev–Trinajstić information content (AvgIpc) is 2.83. The lowest BCUT2D eigenvalue weighted by molar-refractivity contribution is -0.142. The van der Waals surface area contributed by atoms with E-state index in [1.807, 2.05) is 24.3 Å². The number of amidine groups is 1. The van der Waals surface area contributed by atoms with Crippen molar-refractivity contribution in [1.82, 2.24) is 5.32 Å². The maximum absolute atomic E-state index is 10.9. The fourth-order valence-corrected chi connectivity index (χ4v) is 1.87. The minimum atomic E-state index is -1.23. The van der Waals surface area contributed by atoms with E-state index in [2.05, 4.69) is 10.3 Å². The van der Waals surface area contributed by atoms with Gasteiger partial charge in [0, 0.05) is 18.5 Å². The van der Waals surface area contributed by atoms with Crippen molar-refractivity contribution in [3.63, 3.8) is 0 Å². The van der Waals surface area contributed by atoms with Crippen molar-refractivity contribution in [2.24, 2.45) is 10.7 Å². The van der Waals surface area contributed by atoms with Crippen LogP contribution in [0.1, 0.15) is 18.1 Å². The van der Waals surface area contributed by atoms with E-state index in [4.69, 9.17) is 10.8 Å². The zero-order valence-corrected chi connectivity index (χ0v) is 10.3. The molecule has 5 nitrogen and oxygen atoms in total. The van der Waals surface area contributed by atoms with Gasteiger partial charge in [-0.3, -0.25) is 9.79 Å². The van der Waals surface area contributed by atoms with Crippen LogP contribution in [0.4, 0.5) is 0 Å². The number of nitrogens with zero attached hydrogens (tertiary/aromatic N) is 1. The number of carbonyl (C=O) groups is 1. The zero-order chi connectivity index (χ0) is 13.2. The van der Waals surface area contributed by atoms with Gasteiger partial charge in [-0.2, -0.15) is 0 Å². The highest BCUT2D eigenvalue weighted by Crippen LogP contribution is 2.13. The summed E-state index contributed by atoms with van der Waals surface area (Å²) in [4.78, 5) is 15.3. The van der Waals surface area contributed by atoms with Gasteiger partial charge in [0.25, 0.3) is 0 Å². The third-order valence-electron chi connectivity index (χ3n) is 2.96. The predicted molar refractivity (Wildman–Crippen MR) is 69.8 cm³/mol. The molecule has 4 N–H and O–H groups in total. The molecule has 0 fully saturated rings. The number of benzene rings is 1. The predicted octanol–water partition coefficient (Wildman–Crippen LogP) is 0.381. The summed E-state index contributed by atoms with van der Waals surface area (Å²) in [7, 11) is 0. The first kappa shape index (κ1) is 12.6. The largest absolute Gasteiger partial charge is 0.480 e. The summed E-state index contributed by atoms with van der Waals surface area (Å²) in [6.07, 6.45) is 0.308. The molecule has 0 aromatic heterocycles. The van der Waals surface area contributed by atoms with Crippen molar-refractivity contribution in [3.8, 4) is 0 Å². The van der Waals surface area contributed by atoms with Crippen molar-refractivity contribution in [2.45, 2.75) is 18.9 Å². The highest BCUT2D eigenvalue weighted by Gasteiger charge is 2.27. The monoisotopic (exact) mass is 247 g/mol. The van der Waals surface area contributed by atoms with Gasteiger partial charge in [-0.05, 0) is 12.5 Å². The molecule has 5 heteroatoms. The van der Waals surface area contributed by atoms with Crippen molar-refractivity contribution in [3.05, 3.63) is 35.4 Å². The molecule has 0 radical (unpaired) electrons. The molecule has 0 aliphatic carbocycles. The molecule has 1 aromatic rings. The number of nitrogens with one attached hydrogen (secondary N) is 1. The Morgan fingerprint density at radius 1 is 1.50 bits per heavy atom. The van der Waals surface area contributed by atoms with Crippen LogP contribution >= 0.6 is 0 Å². The molecule has 0 bridgehead atoms. The first-order chi connectivity index (χ1) is 8.49. The Kier molecular flexibility index (Phi) is 3.34. The summed E-state index contributed by atoms with van der Waals surface area (Å²) in [6, 6.07) is 7.66. The average molecular weight is 247 g/mol. The van der Waals surface area contributed by atoms with Crippen LogP contribution < -0.4 is 11.1 Å². The smallest absolute Gasteiger partial charge is 0.323 e. The van der Waals surface area contributed by atoms with Crippen LogP contribution in [0.3, 0.4) is 0 Å². The number of carboxylic acids is 1. The highest BCUT2D eigenvalue weighted by molar-refractivity contribution is 5.99. The van der Waals surface area contributed by atoms with Gasteiger partial charge < -0.3 is 16.2 Å². The zero-order valence-electron chi connectivity index (χ0n) is 10.3. The van der Waals surface area contributed by atoms with E-state index < -0.39 is 11.5 Å². The quantitative estimate of drug-likeness (QED) is 0.718. The Labute approximate surface area is 106 Å². The molecule has 1 unspecified atom stereocenters. The molecule has 1 aromatic carbocycles. The maximum atomic E-state index is 10.9. The van der Waals surface area contributed by atoms with Gasteiger partial charge >= 0.3 is 5.97 Å². The lowest BCUT2D eigenvalue weighted by Gasteiger charge is -2.19. The van der Waals surface area contributed by atoms with Crippen LogP contribution in [0, 0.1) is 0 Å². The summed E-state index contributed by atoms with van der Waals surface area (Å²) in [5.74, 6) is -0.0938. The first-order valence-corrected chi connectivity index (χ1v) is 5.89. The second-order valence-electron chi connectivity index (χ2n) is 4.75. The van der Waals surface area contributed by atoms with Crippen molar-refractivity contribution >= 4 is 11.8 Å². The van der Waals surface area contributed by atoms with Gasteiger partial charge in [0.2, 0.25) is 0 Å². The molecule has 0 saturated heterocycles. The van der Waals surface area contributed by atoms with Crippen LogP contribution in [0.15, 0.2) is 29.3 Å². The molecule has 1 atom stereocenters. The molecule has 1 aliphatic rings. The van der Waals surface area contributed by atoms with Crippen LogP contribution in [0.5, 0.6) is 0 Å². The van der Waals surface area contributed by atoms with E-state index in [1.165, 1.54) is 6.92 Å². The highest BCUT2D eigenvalue weighted by atomic mass is 16.4. The van der Waals surface area contributed by atoms with Gasteiger partial charge in [0.1, 0.15) is 11.4 Å². The summed E-state index contributed by atoms with van der Waals surface area (Å²) < 4.78 is 0. The van der Waals surface area contributed by atoms with Crippen molar-refractivity contribution < 1.29 is 9.90 Å². The van der Waals surface area contributed by atoms with Crippen molar-refractivity contribution in [2.75, 3.05) is 13.1 Å².